The van der Waals surface area contributed by atoms with Crippen molar-refractivity contribution in [1.82, 2.24) is 0 Å². The summed E-state index contributed by atoms with van der Waals surface area (Å²) >= 11 is 0. The van der Waals surface area contributed by atoms with E-state index < -0.39 is 5.97 Å². The Morgan fingerprint density at radius 2 is 2.28 bits per heavy atom. The van der Waals surface area contributed by atoms with E-state index in [9.17, 15) is 4.79 Å². The topological polar surface area (TPSA) is 63.3 Å². The van der Waals surface area contributed by atoms with Gasteiger partial charge in [-0.15, -0.1) is 0 Å². The summed E-state index contributed by atoms with van der Waals surface area (Å²) in [6.07, 6.45) is 10.3. The third-order valence-electron chi connectivity index (χ3n) is 5.30. The lowest BCUT2D eigenvalue weighted by atomic mass is 9.53. The summed E-state index contributed by atoms with van der Waals surface area (Å²) in [6, 6.07) is 0. The Kier molecular flexibility index (Phi) is 2.97. The second-order valence-electron chi connectivity index (χ2n) is 6.64. The second kappa shape index (κ2) is 4.37. The molecule has 18 heavy (non-hydrogen) atoms. The smallest absolute Gasteiger partial charge is 0.303 e. The summed E-state index contributed by atoms with van der Waals surface area (Å²) in [5.41, 5.74) is 7.31. The molecule has 3 aliphatic rings. The molecule has 0 unspecified atom stereocenters. The summed E-state index contributed by atoms with van der Waals surface area (Å²) in [6.45, 7) is 0.521. The maximum atomic E-state index is 11.0. The van der Waals surface area contributed by atoms with E-state index in [-0.39, 0.29) is 11.8 Å². The first-order valence-electron chi connectivity index (χ1n) is 7.24. The molecule has 100 valence electrons. The van der Waals surface area contributed by atoms with E-state index in [1.165, 1.54) is 32.1 Å². The van der Waals surface area contributed by atoms with E-state index in [1.807, 2.05) is 0 Å². The van der Waals surface area contributed by atoms with Gasteiger partial charge in [0.25, 0.3) is 0 Å². The molecule has 0 saturated heterocycles. The van der Waals surface area contributed by atoms with Gasteiger partial charge in [0.15, 0.2) is 0 Å². The van der Waals surface area contributed by atoms with Crippen LogP contribution >= 0.6 is 0 Å². The summed E-state index contributed by atoms with van der Waals surface area (Å²) < 4.78 is 0. The zero-order valence-electron chi connectivity index (χ0n) is 10.9. The third kappa shape index (κ3) is 2.09. The number of allylic oxidation sites excluding steroid dienone is 2. The minimum absolute atomic E-state index is 0.127. The molecule has 3 heteroatoms. The number of hydrogen-bond acceptors (Lipinski definition) is 2. The second-order valence-corrected chi connectivity index (χ2v) is 6.64. The molecular formula is C15H23NO2. The lowest BCUT2D eigenvalue weighted by Crippen LogP contribution is -2.51. The van der Waals surface area contributed by atoms with Crippen LogP contribution in [0.4, 0.5) is 0 Å². The number of nitrogens with two attached hydrogens (primary N) is 1. The van der Waals surface area contributed by atoms with Crippen LogP contribution in [-0.4, -0.2) is 17.6 Å². The Labute approximate surface area is 108 Å². The molecule has 0 amide bonds. The van der Waals surface area contributed by atoms with Crippen molar-refractivity contribution in [3.05, 3.63) is 11.6 Å². The fourth-order valence-corrected chi connectivity index (χ4v) is 4.06. The van der Waals surface area contributed by atoms with Crippen LogP contribution in [0.2, 0.25) is 0 Å². The minimum atomic E-state index is -0.696. The number of fused-ring (bicyclic) bond motifs is 1. The van der Waals surface area contributed by atoms with Crippen LogP contribution in [0.15, 0.2) is 11.6 Å². The zero-order chi connectivity index (χ0) is 12.8. The molecule has 0 aromatic carbocycles. The molecule has 0 spiro atoms. The van der Waals surface area contributed by atoms with Crippen LogP contribution in [0, 0.1) is 23.2 Å². The van der Waals surface area contributed by atoms with Crippen molar-refractivity contribution in [3.8, 4) is 0 Å². The fourth-order valence-electron chi connectivity index (χ4n) is 4.06. The molecule has 0 aromatic heterocycles. The van der Waals surface area contributed by atoms with Crippen LogP contribution in [0.1, 0.15) is 44.9 Å². The molecule has 0 bridgehead atoms. The molecule has 2 fully saturated rings. The highest BCUT2D eigenvalue weighted by molar-refractivity contribution is 5.68. The Balaban J connectivity index is 1.62. The quantitative estimate of drug-likeness (QED) is 0.711. The van der Waals surface area contributed by atoms with Crippen LogP contribution in [-0.2, 0) is 4.79 Å². The average Bonchev–Trinajstić information content (AvgIpc) is 3.07. The van der Waals surface area contributed by atoms with Crippen molar-refractivity contribution >= 4 is 5.97 Å². The standard InChI is InChI=1S/C15H23NO2/c16-9-15(8-14(17)18)7-12-5-11(6-13(12)15)4-3-10-1-2-10/h6,10,12-13H,1-5,7-9,16H2,(H,17,18)/t12-,13-,15-/m0/s1. The number of rotatable bonds is 6. The summed E-state index contributed by atoms with van der Waals surface area (Å²) in [5, 5.41) is 9.04. The van der Waals surface area contributed by atoms with Crippen molar-refractivity contribution in [1.29, 1.82) is 0 Å². The first kappa shape index (κ1) is 12.2. The number of carboxylic acid groups (broad SMARTS) is 1. The van der Waals surface area contributed by atoms with Crippen LogP contribution in [0.3, 0.4) is 0 Å². The molecule has 0 aliphatic heterocycles. The summed E-state index contributed by atoms with van der Waals surface area (Å²) in [5.74, 6) is 1.44. The predicted octanol–water partition coefficient (Wildman–Crippen LogP) is 2.56. The van der Waals surface area contributed by atoms with E-state index in [0.717, 1.165) is 12.3 Å². The molecule has 0 aromatic rings. The third-order valence-corrected chi connectivity index (χ3v) is 5.30. The summed E-state index contributed by atoms with van der Waals surface area (Å²) in [7, 11) is 0. The molecule has 0 heterocycles. The van der Waals surface area contributed by atoms with E-state index in [2.05, 4.69) is 6.08 Å². The molecule has 3 N–H and O–H groups in total. The molecule has 3 nitrogen and oxygen atoms in total. The van der Waals surface area contributed by atoms with Crippen LogP contribution in [0.25, 0.3) is 0 Å². The molecule has 3 rings (SSSR count). The maximum Gasteiger partial charge on any atom is 0.303 e. The first-order chi connectivity index (χ1) is 8.63. The van der Waals surface area contributed by atoms with Crippen molar-refractivity contribution in [3.63, 3.8) is 0 Å². The van der Waals surface area contributed by atoms with E-state index in [4.69, 9.17) is 10.8 Å². The van der Waals surface area contributed by atoms with Gasteiger partial charge in [-0.3, -0.25) is 4.79 Å². The van der Waals surface area contributed by atoms with Gasteiger partial charge in [-0.1, -0.05) is 24.5 Å². The number of carbonyl (C=O) groups is 1. The lowest BCUT2D eigenvalue weighted by molar-refractivity contribution is -0.144. The van der Waals surface area contributed by atoms with Gasteiger partial charge >= 0.3 is 5.97 Å². The molecule has 2 saturated carbocycles. The number of carboxylic acids is 1. The average molecular weight is 249 g/mol. The van der Waals surface area contributed by atoms with Gasteiger partial charge < -0.3 is 10.8 Å². The molecule has 3 atom stereocenters. The first-order valence-corrected chi connectivity index (χ1v) is 7.24. The van der Waals surface area contributed by atoms with E-state index >= 15 is 0 Å². The molecule has 3 aliphatic carbocycles. The van der Waals surface area contributed by atoms with Gasteiger partial charge in [0.05, 0.1) is 6.42 Å². The van der Waals surface area contributed by atoms with Gasteiger partial charge in [0, 0.05) is 0 Å². The molecular weight excluding hydrogens is 226 g/mol. The minimum Gasteiger partial charge on any atom is -0.481 e. The molecule has 0 radical (unpaired) electrons. The zero-order valence-corrected chi connectivity index (χ0v) is 10.9. The number of hydrogen-bond donors (Lipinski definition) is 2. The largest absolute Gasteiger partial charge is 0.481 e. The van der Waals surface area contributed by atoms with Crippen molar-refractivity contribution < 1.29 is 9.90 Å². The highest BCUT2D eigenvalue weighted by Crippen LogP contribution is 2.59. The Hall–Kier alpha value is -0.830. The van der Waals surface area contributed by atoms with Gasteiger partial charge in [0.1, 0.15) is 0 Å². The monoisotopic (exact) mass is 249 g/mol. The van der Waals surface area contributed by atoms with Crippen molar-refractivity contribution in [2.75, 3.05) is 6.54 Å². The maximum absolute atomic E-state index is 11.0. The Morgan fingerprint density at radius 1 is 1.50 bits per heavy atom. The van der Waals surface area contributed by atoms with Gasteiger partial charge in [-0.2, -0.15) is 0 Å². The Bertz CT molecular complexity index is 386. The normalized spacial score (nSPS) is 37.9. The highest BCUT2D eigenvalue weighted by atomic mass is 16.4. The predicted molar refractivity (Wildman–Crippen MR) is 70.0 cm³/mol. The SMILES string of the molecule is NC[C@@]1(CC(=O)O)C[C@@H]2CC(CCC3CC3)=C[C@@H]21. The van der Waals surface area contributed by atoms with Crippen LogP contribution < -0.4 is 5.73 Å². The fraction of sp³-hybridized carbons (Fsp3) is 0.800. The lowest BCUT2D eigenvalue weighted by Gasteiger charge is -2.51. The van der Waals surface area contributed by atoms with E-state index in [1.54, 1.807) is 5.57 Å². The van der Waals surface area contributed by atoms with Crippen molar-refractivity contribution in [2.45, 2.75) is 44.9 Å². The van der Waals surface area contributed by atoms with Crippen LogP contribution in [0.5, 0.6) is 0 Å². The van der Waals surface area contributed by atoms with Gasteiger partial charge in [-0.05, 0) is 55.4 Å². The number of aliphatic carboxylic acids is 1. The van der Waals surface area contributed by atoms with Crippen molar-refractivity contribution in [2.24, 2.45) is 28.9 Å². The van der Waals surface area contributed by atoms with Gasteiger partial charge in [-0.25, -0.2) is 0 Å². The summed E-state index contributed by atoms with van der Waals surface area (Å²) in [4.78, 5) is 11.0. The highest BCUT2D eigenvalue weighted by Gasteiger charge is 2.54. The van der Waals surface area contributed by atoms with Gasteiger partial charge in [0.2, 0.25) is 0 Å². The Morgan fingerprint density at radius 3 is 2.89 bits per heavy atom. The van der Waals surface area contributed by atoms with E-state index in [0.29, 0.717) is 18.4 Å².